The van der Waals surface area contributed by atoms with Gasteiger partial charge in [-0.05, 0) is 42.5 Å². The second-order valence-corrected chi connectivity index (χ2v) is 6.33. The molecule has 142 valence electrons. The number of rotatable bonds is 5. The number of amides is 1. The Balaban J connectivity index is 1.48. The van der Waals surface area contributed by atoms with Gasteiger partial charge in [-0.3, -0.25) is 4.79 Å². The molecule has 0 radical (unpaired) electrons. The molecule has 28 heavy (non-hydrogen) atoms. The van der Waals surface area contributed by atoms with Crippen molar-refractivity contribution in [2.45, 2.75) is 0 Å². The van der Waals surface area contributed by atoms with E-state index in [0.29, 0.717) is 39.3 Å². The minimum absolute atomic E-state index is 0.182. The lowest BCUT2D eigenvalue weighted by Crippen LogP contribution is -2.12. The molecule has 0 bridgehead atoms. The highest BCUT2D eigenvalue weighted by Gasteiger charge is 2.15. The summed E-state index contributed by atoms with van der Waals surface area (Å²) in [5, 5.41) is 6.43. The van der Waals surface area contributed by atoms with Crippen LogP contribution >= 0.6 is 11.6 Å². The van der Waals surface area contributed by atoms with Gasteiger partial charge in [-0.25, -0.2) is 4.98 Å². The predicted molar refractivity (Wildman–Crippen MR) is 106 cm³/mol. The third-order valence-electron chi connectivity index (χ3n) is 4.08. The number of fused-ring (bicyclic) bond motifs is 1. The Labute approximate surface area is 166 Å². The molecule has 1 aliphatic rings. The molecule has 1 amide bonds. The van der Waals surface area contributed by atoms with Gasteiger partial charge in [-0.1, -0.05) is 11.6 Å². The molecule has 1 aliphatic heterocycles. The van der Waals surface area contributed by atoms with Crippen LogP contribution < -0.4 is 24.8 Å². The molecule has 0 fully saturated rings. The second-order valence-electron chi connectivity index (χ2n) is 5.93. The fourth-order valence-electron chi connectivity index (χ4n) is 2.71. The Morgan fingerprint density at radius 3 is 2.71 bits per heavy atom. The molecule has 2 N–H and O–H groups in total. The van der Waals surface area contributed by atoms with Crippen molar-refractivity contribution in [1.29, 1.82) is 0 Å². The van der Waals surface area contributed by atoms with Gasteiger partial charge >= 0.3 is 0 Å². The first-order valence-corrected chi connectivity index (χ1v) is 8.78. The first-order valence-electron chi connectivity index (χ1n) is 8.40. The van der Waals surface area contributed by atoms with Crippen molar-refractivity contribution < 1.29 is 19.0 Å². The molecule has 0 saturated heterocycles. The number of anilines is 3. The van der Waals surface area contributed by atoms with Gasteiger partial charge in [0, 0.05) is 29.2 Å². The van der Waals surface area contributed by atoms with E-state index in [1.165, 1.54) is 0 Å². The Hall–Kier alpha value is -3.45. The third kappa shape index (κ3) is 3.79. The molecule has 1 aromatic heterocycles. The molecule has 0 spiro atoms. The molecule has 3 aromatic rings. The van der Waals surface area contributed by atoms with Crippen LogP contribution in [-0.2, 0) is 0 Å². The fraction of sp³-hybridized carbons (Fsp3) is 0.100. The lowest BCUT2D eigenvalue weighted by Gasteiger charge is -2.10. The highest BCUT2D eigenvalue weighted by molar-refractivity contribution is 6.32. The maximum Gasteiger partial charge on any atom is 0.255 e. The van der Waals surface area contributed by atoms with E-state index in [1.54, 1.807) is 55.8 Å². The van der Waals surface area contributed by atoms with Gasteiger partial charge in [-0.15, -0.1) is 0 Å². The molecule has 2 heterocycles. The Morgan fingerprint density at radius 1 is 1.07 bits per heavy atom. The summed E-state index contributed by atoms with van der Waals surface area (Å²) in [6, 6.07) is 13.8. The van der Waals surface area contributed by atoms with E-state index in [2.05, 4.69) is 15.6 Å². The number of halogens is 1. The SMILES string of the molecule is COc1ccc(Nc2cc(C(=O)Nc3ccc4c(c3)OCO4)ccn2)cc1Cl. The molecule has 4 rings (SSSR count). The molecular weight excluding hydrogens is 382 g/mol. The van der Waals surface area contributed by atoms with Gasteiger partial charge < -0.3 is 24.8 Å². The monoisotopic (exact) mass is 397 g/mol. The Kier molecular flexibility index (Phi) is 4.90. The van der Waals surface area contributed by atoms with Crippen LogP contribution in [0.2, 0.25) is 5.02 Å². The standard InChI is InChI=1S/C20H16ClN3O4/c1-26-16-4-2-13(9-15(16)21)23-19-8-12(6-7-22-19)20(25)24-14-3-5-17-18(10-14)28-11-27-17/h2-10H,11H2,1H3,(H,22,23)(H,24,25). The summed E-state index contributed by atoms with van der Waals surface area (Å²) >= 11 is 6.14. The third-order valence-corrected chi connectivity index (χ3v) is 4.37. The van der Waals surface area contributed by atoms with Crippen LogP contribution in [0.15, 0.2) is 54.7 Å². The lowest BCUT2D eigenvalue weighted by molar-refractivity contribution is 0.102. The van der Waals surface area contributed by atoms with Gasteiger partial charge in [0.25, 0.3) is 5.91 Å². The van der Waals surface area contributed by atoms with Gasteiger partial charge in [0.15, 0.2) is 11.5 Å². The van der Waals surface area contributed by atoms with Crippen molar-refractivity contribution in [2.24, 2.45) is 0 Å². The average molecular weight is 398 g/mol. The number of hydrogen-bond donors (Lipinski definition) is 2. The summed E-state index contributed by atoms with van der Waals surface area (Å²) in [4.78, 5) is 16.8. The molecular formula is C20H16ClN3O4. The Morgan fingerprint density at radius 2 is 1.89 bits per heavy atom. The van der Waals surface area contributed by atoms with Crippen LogP contribution in [0.25, 0.3) is 0 Å². The van der Waals surface area contributed by atoms with E-state index in [-0.39, 0.29) is 12.7 Å². The number of carbonyl (C=O) groups excluding carboxylic acids is 1. The summed E-state index contributed by atoms with van der Waals surface area (Å²) in [6.07, 6.45) is 1.56. The zero-order chi connectivity index (χ0) is 19.5. The largest absolute Gasteiger partial charge is 0.495 e. The topological polar surface area (TPSA) is 81.7 Å². The number of pyridine rings is 1. The van der Waals surface area contributed by atoms with Crippen LogP contribution in [0, 0.1) is 0 Å². The normalized spacial score (nSPS) is 11.8. The highest BCUT2D eigenvalue weighted by Crippen LogP contribution is 2.34. The summed E-state index contributed by atoms with van der Waals surface area (Å²) in [5.41, 5.74) is 1.80. The molecule has 8 heteroatoms. The number of nitrogens with one attached hydrogen (secondary N) is 2. The lowest BCUT2D eigenvalue weighted by atomic mass is 10.2. The first-order chi connectivity index (χ1) is 13.6. The summed E-state index contributed by atoms with van der Waals surface area (Å²) in [7, 11) is 1.55. The first kappa shape index (κ1) is 17.9. The summed E-state index contributed by atoms with van der Waals surface area (Å²) in [6.45, 7) is 0.182. The highest BCUT2D eigenvalue weighted by atomic mass is 35.5. The zero-order valence-electron chi connectivity index (χ0n) is 14.9. The van der Waals surface area contributed by atoms with Crippen LogP contribution in [-0.4, -0.2) is 24.8 Å². The van der Waals surface area contributed by atoms with Crippen LogP contribution in [0.3, 0.4) is 0 Å². The number of carbonyl (C=O) groups is 1. The van der Waals surface area contributed by atoms with Gasteiger partial charge in [0.05, 0.1) is 12.1 Å². The van der Waals surface area contributed by atoms with E-state index < -0.39 is 0 Å². The van der Waals surface area contributed by atoms with E-state index in [0.717, 1.165) is 5.69 Å². The summed E-state index contributed by atoms with van der Waals surface area (Å²) in [5.74, 6) is 2.09. The number of aromatic nitrogens is 1. The van der Waals surface area contributed by atoms with Crippen LogP contribution in [0.1, 0.15) is 10.4 Å². The van der Waals surface area contributed by atoms with Crippen molar-refractivity contribution in [1.82, 2.24) is 4.98 Å². The van der Waals surface area contributed by atoms with E-state index in [4.69, 9.17) is 25.8 Å². The van der Waals surface area contributed by atoms with Crippen LogP contribution in [0.4, 0.5) is 17.2 Å². The van der Waals surface area contributed by atoms with Crippen molar-refractivity contribution in [3.8, 4) is 17.2 Å². The minimum atomic E-state index is -0.267. The molecule has 0 atom stereocenters. The van der Waals surface area contributed by atoms with Gasteiger partial charge in [-0.2, -0.15) is 0 Å². The molecule has 7 nitrogen and oxygen atoms in total. The molecule has 0 saturated carbocycles. The molecule has 0 unspecified atom stereocenters. The van der Waals surface area contributed by atoms with Crippen molar-refractivity contribution in [3.05, 3.63) is 65.3 Å². The Bertz CT molecular complexity index is 1040. The van der Waals surface area contributed by atoms with Gasteiger partial charge in [0.2, 0.25) is 6.79 Å². The number of methoxy groups -OCH3 is 1. The van der Waals surface area contributed by atoms with E-state index >= 15 is 0 Å². The maximum absolute atomic E-state index is 12.6. The summed E-state index contributed by atoms with van der Waals surface area (Å²) < 4.78 is 15.7. The van der Waals surface area contributed by atoms with Crippen molar-refractivity contribution >= 4 is 34.7 Å². The van der Waals surface area contributed by atoms with Crippen LogP contribution in [0.5, 0.6) is 17.2 Å². The number of hydrogen-bond acceptors (Lipinski definition) is 6. The van der Waals surface area contributed by atoms with E-state index in [9.17, 15) is 4.79 Å². The minimum Gasteiger partial charge on any atom is -0.495 e. The van der Waals surface area contributed by atoms with Crippen molar-refractivity contribution in [3.63, 3.8) is 0 Å². The number of ether oxygens (including phenoxy) is 3. The molecule has 0 aliphatic carbocycles. The van der Waals surface area contributed by atoms with E-state index in [1.807, 2.05) is 6.07 Å². The average Bonchev–Trinajstić information content (AvgIpc) is 3.16. The maximum atomic E-state index is 12.6. The van der Waals surface area contributed by atoms with Crippen molar-refractivity contribution in [2.75, 3.05) is 24.5 Å². The zero-order valence-corrected chi connectivity index (χ0v) is 15.6. The molecule has 2 aromatic carbocycles. The fourth-order valence-corrected chi connectivity index (χ4v) is 2.97. The number of nitrogens with zero attached hydrogens (tertiary/aromatic N) is 1. The smallest absolute Gasteiger partial charge is 0.255 e. The van der Waals surface area contributed by atoms with Gasteiger partial charge in [0.1, 0.15) is 11.6 Å². The number of benzene rings is 2. The second kappa shape index (κ2) is 7.66. The predicted octanol–water partition coefficient (Wildman–Crippen LogP) is 4.47. The quantitative estimate of drug-likeness (QED) is 0.661.